The van der Waals surface area contributed by atoms with Crippen LogP contribution in [-0.4, -0.2) is 35.9 Å². The first kappa shape index (κ1) is 22.4. The van der Waals surface area contributed by atoms with Crippen LogP contribution in [0.15, 0.2) is 42.5 Å². The van der Waals surface area contributed by atoms with Gasteiger partial charge < -0.3 is 15.0 Å². The summed E-state index contributed by atoms with van der Waals surface area (Å²) in [4.78, 5) is 27.1. The van der Waals surface area contributed by atoms with Crippen LogP contribution in [-0.2, 0) is 16.1 Å². The lowest BCUT2D eigenvalue weighted by Gasteiger charge is -2.30. The predicted octanol–water partition coefficient (Wildman–Crippen LogP) is 3.76. The summed E-state index contributed by atoms with van der Waals surface area (Å²) >= 11 is 0. The molecule has 0 radical (unpaired) electrons. The van der Waals surface area contributed by atoms with Crippen LogP contribution in [0.4, 0.5) is 4.39 Å². The monoisotopic (exact) mass is 400 g/mol. The highest BCUT2D eigenvalue weighted by molar-refractivity contribution is 5.88. The predicted molar refractivity (Wildman–Crippen MR) is 111 cm³/mol. The number of hydrogen-bond donors (Lipinski definition) is 1. The highest BCUT2D eigenvalue weighted by atomic mass is 19.1. The van der Waals surface area contributed by atoms with Crippen LogP contribution in [0.5, 0.6) is 5.75 Å². The number of hydrogen-bond acceptors (Lipinski definition) is 3. The minimum atomic E-state index is -0.630. The lowest BCUT2D eigenvalue weighted by molar-refractivity contribution is -0.142. The van der Waals surface area contributed by atoms with E-state index in [0.29, 0.717) is 18.7 Å². The molecule has 2 aromatic carbocycles. The van der Waals surface area contributed by atoms with E-state index >= 15 is 0 Å². The van der Waals surface area contributed by atoms with Crippen LogP contribution < -0.4 is 10.1 Å². The second-order valence-corrected chi connectivity index (χ2v) is 6.95. The van der Waals surface area contributed by atoms with Crippen molar-refractivity contribution in [3.05, 3.63) is 65.0 Å². The minimum absolute atomic E-state index is 0.179. The van der Waals surface area contributed by atoms with Crippen molar-refractivity contribution >= 4 is 11.8 Å². The van der Waals surface area contributed by atoms with Crippen LogP contribution in [0.3, 0.4) is 0 Å². The standard InChI is InChI=1S/C23H29FN2O3/c1-5-20(23(28)25-6-2)26(14-18-10-12-19(24)13-11-18)22(27)15-29-21-9-7-8-16(3)17(21)4/h7-13,20H,5-6,14-15H2,1-4H3,(H,25,28)/t20-/m1/s1. The van der Waals surface area contributed by atoms with Crippen LogP contribution in [0, 0.1) is 19.7 Å². The molecule has 0 fully saturated rings. The number of carbonyl (C=O) groups is 2. The van der Waals surface area contributed by atoms with Crippen LogP contribution >= 0.6 is 0 Å². The Kier molecular flexibility index (Phi) is 8.19. The second-order valence-electron chi connectivity index (χ2n) is 6.95. The molecule has 0 aliphatic rings. The van der Waals surface area contributed by atoms with Crippen molar-refractivity contribution in [3.63, 3.8) is 0 Å². The van der Waals surface area contributed by atoms with Crippen molar-refractivity contribution in [3.8, 4) is 5.75 Å². The fourth-order valence-electron chi connectivity index (χ4n) is 3.10. The van der Waals surface area contributed by atoms with Crippen molar-refractivity contribution in [2.45, 2.75) is 46.7 Å². The number of nitrogens with zero attached hydrogens (tertiary/aromatic N) is 1. The second kappa shape index (κ2) is 10.6. The summed E-state index contributed by atoms with van der Waals surface area (Å²) in [5.41, 5.74) is 2.79. The molecular formula is C23H29FN2O3. The smallest absolute Gasteiger partial charge is 0.261 e. The van der Waals surface area contributed by atoms with E-state index in [1.165, 1.54) is 17.0 Å². The summed E-state index contributed by atoms with van der Waals surface area (Å²) in [6, 6.07) is 11.0. The Labute approximate surface area is 171 Å². The molecule has 1 atom stereocenters. The van der Waals surface area contributed by atoms with E-state index in [9.17, 15) is 14.0 Å². The maximum atomic E-state index is 13.3. The molecule has 29 heavy (non-hydrogen) atoms. The molecule has 0 spiro atoms. The Morgan fingerprint density at radius 1 is 1.10 bits per heavy atom. The highest BCUT2D eigenvalue weighted by Gasteiger charge is 2.28. The molecule has 0 saturated heterocycles. The summed E-state index contributed by atoms with van der Waals surface area (Å²) in [7, 11) is 0. The normalized spacial score (nSPS) is 11.6. The lowest BCUT2D eigenvalue weighted by atomic mass is 10.1. The minimum Gasteiger partial charge on any atom is -0.483 e. The van der Waals surface area contributed by atoms with Gasteiger partial charge >= 0.3 is 0 Å². The zero-order valence-electron chi connectivity index (χ0n) is 17.5. The Hall–Kier alpha value is -2.89. The summed E-state index contributed by atoms with van der Waals surface area (Å²) in [5, 5.41) is 2.78. The maximum absolute atomic E-state index is 13.3. The number of ether oxygens (including phenoxy) is 1. The Bertz CT molecular complexity index is 837. The molecule has 5 nitrogen and oxygen atoms in total. The van der Waals surface area contributed by atoms with E-state index in [1.54, 1.807) is 12.1 Å². The SMILES string of the molecule is CCNC(=O)[C@@H](CC)N(Cc1ccc(F)cc1)C(=O)COc1cccc(C)c1C. The zero-order chi connectivity index (χ0) is 21.4. The Morgan fingerprint density at radius 3 is 2.41 bits per heavy atom. The number of aryl methyl sites for hydroxylation is 1. The van der Waals surface area contributed by atoms with Crippen LogP contribution in [0.25, 0.3) is 0 Å². The van der Waals surface area contributed by atoms with Gasteiger partial charge in [0.1, 0.15) is 17.6 Å². The summed E-state index contributed by atoms with van der Waals surface area (Å²) < 4.78 is 19.0. The van der Waals surface area contributed by atoms with Gasteiger partial charge in [-0.2, -0.15) is 0 Å². The number of nitrogens with one attached hydrogen (secondary N) is 1. The van der Waals surface area contributed by atoms with Crippen LogP contribution in [0.2, 0.25) is 0 Å². The van der Waals surface area contributed by atoms with Gasteiger partial charge in [0.2, 0.25) is 5.91 Å². The molecule has 0 aliphatic heterocycles. The van der Waals surface area contributed by atoms with Gasteiger partial charge in [0.15, 0.2) is 6.61 Å². The number of rotatable bonds is 9. The third-order valence-electron chi connectivity index (χ3n) is 4.91. The highest BCUT2D eigenvalue weighted by Crippen LogP contribution is 2.21. The summed E-state index contributed by atoms with van der Waals surface area (Å²) in [5.74, 6) is -0.211. The Morgan fingerprint density at radius 2 is 1.79 bits per heavy atom. The van der Waals surface area contributed by atoms with Gasteiger partial charge in [-0.3, -0.25) is 9.59 Å². The van der Waals surface area contributed by atoms with Gasteiger partial charge in [-0.25, -0.2) is 4.39 Å². The number of benzene rings is 2. The fraction of sp³-hybridized carbons (Fsp3) is 0.391. The molecule has 2 aromatic rings. The topological polar surface area (TPSA) is 58.6 Å². The van der Waals surface area contributed by atoms with Crippen LogP contribution in [0.1, 0.15) is 37.0 Å². The van der Waals surface area contributed by atoms with E-state index < -0.39 is 6.04 Å². The molecule has 0 unspecified atom stereocenters. The number of carbonyl (C=O) groups excluding carboxylic acids is 2. The molecule has 0 aromatic heterocycles. The summed E-state index contributed by atoms with van der Waals surface area (Å²) in [6.45, 7) is 8.11. The van der Waals surface area contributed by atoms with E-state index in [4.69, 9.17) is 4.74 Å². The van der Waals surface area contributed by atoms with Gasteiger partial charge in [-0.15, -0.1) is 0 Å². The number of likely N-dealkylation sites (N-methyl/N-ethyl adjacent to an activating group) is 1. The fourth-order valence-corrected chi connectivity index (χ4v) is 3.10. The van der Waals surface area contributed by atoms with Gasteiger partial charge in [0.05, 0.1) is 0 Å². The molecule has 2 rings (SSSR count). The average Bonchev–Trinajstić information content (AvgIpc) is 2.70. The van der Waals surface area contributed by atoms with Gasteiger partial charge in [-0.1, -0.05) is 31.2 Å². The molecule has 0 bridgehead atoms. The van der Waals surface area contributed by atoms with Crippen molar-refractivity contribution < 1.29 is 18.7 Å². The van der Waals surface area contributed by atoms with E-state index in [2.05, 4.69) is 5.32 Å². The molecular weight excluding hydrogens is 371 g/mol. The third-order valence-corrected chi connectivity index (χ3v) is 4.91. The van der Waals surface area contributed by atoms with Crippen molar-refractivity contribution in [2.24, 2.45) is 0 Å². The van der Waals surface area contributed by atoms with Gasteiger partial charge in [0, 0.05) is 13.1 Å². The van der Waals surface area contributed by atoms with E-state index in [1.807, 2.05) is 45.9 Å². The zero-order valence-corrected chi connectivity index (χ0v) is 17.5. The van der Waals surface area contributed by atoms with Gasteiger partial charge in [-0.05, 0) is 62.1 Å². The van der Waals surface area contributed by atoms with Crippen molar-refractivity contribution in [1.82, 2.24) is 10.2 Å². The molecule has 1 N–H and O–H groups in total. The summed E-state index contributed by atoms with van der Waals surface area (Å²) in [6.07, 6.45) is 0.461. The average molecular weight is 400 g/mol. The quantitative estimate of drug-likeness (QED) is 0.697. The first-order valence-corrected chi connectivity index (χ1v) is 9.88. The van der Waals surface area contributed by atoms with Gasteiger partial charge in [0.25, 0.3) is 5.91 Å². The molecule has 0 heterocycles. The molecule has 6 heteroatoms. The Balaban J connectivity index is 2.21. The first-order valence-electron chi connectivity index (χ1n) is 9.88. The maximum Gasteiger partial charge on any atom is 0.261 e. The van der Waals surface area contributed by atoms with Crippen molar-refractivity contribution in [2.75, 3.05) is 13.2 Å². The largest absolute Gasteiger partial charge is 0.483 e. The molecule has 0 saturated carbocycles. The molecule has 0 aliphatic carbocycles. The third kappa shape index (κ3) is 6.04. The lowest BCUT2D eigenvalue weighted by Crippen LogP contribution is -2.50. The molecule has 2 amide bonds. The number of halogens is 1. The molecule has 156 valence electrons. The van der Waals surface area contributed by atoms with E-state index in [-0.39, 0.29) is 30.8 Å². The van der Waals surface area contributed by atoms with Crippen molar-refractivity contribution in [1.29, 1.82) is 0 Å². The number of amides is 2. The van der Waals surface area contributed by atoms with E-state index in [0.717, 1.165) is 16.7 Å². The first-order chi connectivity index (χ1) is 13.9.